The molecule has 3 rings (SSSR count). The minimum absolute atomic E-state index is 0.165. The van der Waals surface area contributed by atoms with Crippen LogP contribution < -0.4 is 16.0 Å². The van der Waals surface area contributed by atoms with Crippen molar-refractivity contribution in [3.05, 3.63) is 58.7 Å². The molecule has 30 heavy (non-hydrogen) atoms. The Morgan fingerprint density at radius 2 is 1.10 bits per heavy atom. The lowest BCUT2D eigenvalue weighted by molar-refractivity contribution is -0.137. The fourth-order valence-corrected chi connectivity index (χ4v) is 3.16. The Morgan fingerprint density at radius 3 is 1.47 bits per heavy atom. The standard InChI is InChI=1S/C22H26N6O2/c1-12-6-13(2)9-17(8-12)24-21-26-20(23-16(5)19(29)30)27-22(28-21)25-18-10-14(3)7-15(4)11-18/h6-11,16H,1-5H3,(H,29,30)(H3,23,24,25,26,27,28)/t16-/m0/s1. The molecule has 0 saturated carbocycles. The average molecular weight is 406 g/mol. The molecule has 0 unspecified atom stereocenters. The summed E-state index contributed by atoms with van der Waals surface area (Å²) < 4.78 is 0. The molecule has 8 heteroatoms. The van der Waals surface area contributed by atoms with Gasteiger partial charge in [-0.25, -0.2) is 0 Å². The van der Waals surface area contributed by atoms with Crippen molar-refractivity contribution in [1.82, 2.24) is 15.0 Å². The quantitative estimate of drug-likeness (QED) is 0.454. The third-order valence-corrected chi connectivity index (χ3v) is 4.31. The predicted molar refractivity (Wildman–Crippen MR) is 119 cm³/mol. The lowest BCUT2D eigenvalue weighted by Crippen LogP contribution is -2.26. The van der Waals surface area contributed by atoms with Gasteiger partial charge in [0.25, 0.3) is 0 Å². The van der Waals surface area contributed by atoms with Crippen molar-refractivity contribution in [2.45, 2.75) is 40.7 Å². The first-order valence-corrected chi connectivity index (χ1v) is 9.64. The summed E-state index contributed by atoms with van der Waals surface area (Å²) in [7, 11) is 0. The molecule has 0 amide bonds. The van der Waals surface area contributed by atoms with Gasteiger partial charge < -0.3 is 21.1 Å². The number of aromatic nitrogens is 3. The summed E-state index contributed by atoms with van der Waals surface area (Å²) in [6.45, 7) is 9.58. The van der Waals surface area contributed by atoms with Crippen LogP contribution in [0.25, 0.3) is 0 Å². The Kier molecular flexibility index (Phi) is 6.15. The van der Waals surface area contributed by atoms with Crippen molar-refractivity contribution in [3.63, 3.8) is 0 Å². The van der Waals surface area contributed by atoms with Gasteiger partial charge in [-0.05, 0) is 81.1 Å². The van der Waals surface area contributed by atoms with E-state index in [0.717, 1.165) is 33.6 Å². The fraction of sp³-hybridized carbons (Fsp3) is 0.273. The van der Waals surface area contributed by atoms with E-state index in [2.05, 4.69) is 43.0 Å². The molecule has 0 saturated heterocycles. The van der Waals surface area contributed by atoms with E-state index in [1.165, 1.54) is 6.92 Å². The number of aryl methyl sites for hydroxylation is 4. The Labute approximate surface area is 175 Å². The molecule has 0 fully saturated rings. The topological polar surface area (TPSA) is 112 Å². The number of nitrogens with one attached hydrogen (secondary N) is 3. The van der Waals surface area contributed by atoms with Crippen molar-refractivity contribution in [3.8, 4) is 0 Å². The molecule has 2 aromatic carbocycles. The van der Waals surface area contributed by atoms with Gasteiger partial charge >= 0.3 is 5.97 Å². The van der Waals surface area contributed by atoms with Gasteiger partial charge in [0, 0.05) is 11.4 Å². The van der Waals surface area contributed by atoms with Crippen LogP contribution in [0.15, 0.2) is 36.4 Å². The van der Waals surface area contributed by atoms with Crippen molar-refractivity contribution in [2.75, 3.05) is 16.0 Å². The molecule has 0 radical (unpaired) electrons. The van der Waals surface area contributed by atoms with Crippen LogP contribution in [0.2, 0.25) is 0 Å². The number of hydrogen-bond donors (Lipinski definition) is 4. The summed E-state index contributed by atoms with van der Waals surface area (Å²) >= 11 is 0. The summed E-state index contributed by atoms with van der Waals surface area (Å²) in [4.78, 5) is 24.4. The number of benzene rings is 2. The van der Waals surface area contributed by atoms with Crippen LogP contribution in [-0.4, -0.2) is 32.1 Å². The molecule has 3 aromatic rings. The van der Waals surface area contributed by atoms with Crippen LogP contribution in [0.3, 0.4) is 0 Å². The first-order chi connectivity index (χ1) is 14.2. The van der Waals surface area contributed by atoms with E-state index in [9.17, 15) is 9.90 Å². The zero-order chi connectivity index (χ0) is 21.8. The average Bonchev–Trinajstić information content (AvgIpc) is 2.59. The zero-order valence-electron chi connectivity index (χ0n) is 17.7. The molecule has 8 nitrogen and oxygen atoms in total. The molecule has 0 aliphatic carbocycles. The van der Waals surface area contributed by atoms with Crippen molar-refractivity contribution in [1.29, 1.82) is 0 Å². The van der Waals surface area contributed by atoms with Gasteiger partial charge in [0.05, 0.1) is 0 Å². The summed E-state index contributed by atoms with van der Waals surface area (Å²) in [5.74, 6) is -0.217. The van der Waals surface area contributed by atoms with Crippen LogP contribution in [-0.2, 0) is 4.79 Å². The molecule has 0 aliphatic rings. The molecular weight excluding hydrogens is 380 g/mol. The lowest BCUT2D eigenvalue weighted by Gasteiger charge is -2.14. The molecular formula is C22H26N6O2. The molecule has 1 aromatic heterocycles. The second-order valence-corrected chi connectivity index (χ2v) is 7.51. The molecule has 1 atom stereocenters. The van der Waals surface area contributed by atoms with Gasteiger partial charge in [0.15, 0.2) is 0 Å². The highest BCUT2D eigenvalue weighted by Crippen LogP contribution is 2.22. The number of aliphatic carboxylic acids is 1. The largest absolute Gasteiger partial charge is 0.480 e. The van der Waals surface area contributed by atoms with Crippen LogP contribution in [0, 0.1) is 27.7 Å². The van der Waals surface area contributed by atoms with Gasteiger partial charge in [-0.3, -0.25) is 4.79 Å². The molecule has 4 N–H and O–H groups in total. The molecule has 0 spiro atoms. The third kappa shape index (κ3) is 5.66. The second-order valence-electron chi connectivity index (χ2n) is 7.51. The van der Waals surface area contributed by atoms with Crippen LogP contribution >= 0.6 is 0 Å². The summed E-state index contributed by atoms with van der Waals surface area (Å²) in [6.07, 6.45) is 0. The van der Waals surface area contributed by atoms with Crippen molar-refractivity contribution < 1.29 is 9.90 Å². The normalized spacial score (nSPS) is 11.6. The smallest absolute Gasteiger partial charge is 0.325 e. The number of nitrogens with zero attached hydrogens (tertiary/aromatic N) is 3. The highest BCUT2D eigenvalue weighted by Gasteiger charge is 2.15. The maximum atomic E-state index is 11.2. The number of anilines is 5. The number of hydrogen-bond acceptors (Lipinski definition) is 7. The number of carbonyl (C=O) groups is 1. The lowest BCUT2D eigenvalue weighted by atomic mass is 10.1. The second kappa shape index (κ2) is 8.77. The Morgan fingerprint density at radius 1 is 0.733 bits per heavy atom. The van der Waals surface area contributed by atoms with E-state index in [1.54, 1.807) is 0 Å². The summed E-state index contributed by atoms with van der Waals surface area (Å²) in [6, 6.07) is 11.2. The highest BCUT2D eigenvalue weighted by atomic mass is 16.4. The molecule has 0 aliphatic heterocycles. The first-order valence-electron chi connectivity index (χ1n) is 9.64. The highest BCUT2D eigenvalue weighted by molar-refractivity contribution is 5.76. The minimum Gasteiger partial charge on any atom is -0.480 e. The Hall–Kier alpha value is -3.68. The summed E-state index contributed by atoms with van der Waals surface area (Å²) in [5, 5.41) is 18.4. The number of carboxylic acids is 1. The van der Waals surface area contributed by atoms with Gasteiger partial charge in [0.1, 0.15) is 6.04 Å². The zero-order valence-corrected chi connectivity index (χ0v) is 17.7. The number of rotatable bonds is 7. The van der Waals surface area contributed by atoms with Crippen molar-refractivity contribution >= 4 is 35.2 Å². The maximum absolute atomic E-state index is 11.2. The van der Waals surface area contributed by atoms with E-state index in [4.69, 9.17) is 0 Å². The van der Waals surface area contributed by atoms with Gasteiger partial charge in [-0.15, -0.1) is 0 Å². The van der Waals surface area contributed by atoms with E-state index in [1.807, 2.05) is 52.0 Å². The van der Waals surface area contributed by atoms with Crippen LogP contribution in [0.1, 0.15) is 29.2 Å². The molecule has 1 heterocycles. The van der Waals surface area contributed by atoms with Crippen LogP contribution in [0.5, 0.6) is 0 Å². The minimum atomic E-state index is -0.997. The monoisotopic (exact) mass is 406 g/mol. The first kappa shape index (κ1) is 21.0. The van der Waals surface area contributed by atoms with Gasteiger partial charge in [-0.2, -0.15) is 15.0 Å². The van der Waals surface area contributed by atoms with Gasteiger partial charge in [0.2, 0.25) is 17.8 Å². The number of carboxylic acid groups (broad SMARTS) is 1. The van der Waals surface area contributed by atoms with E-state index >= 15 is 0 Å². The SMILES string of the molecule is Cc1cc(C)cc(Nc2nc(Nc3cc(C)cc(C)c3)nc(N[C@@H](C)C(=O)O)n2)c1. The fourth-order valence-electron chi connectivity index (χ4n) is 3.16. The molecule has 156 valence electrons. The Balaban J connectivity index is 1.95. The predicted octanol–water partition coefficient (Wildman–Crippen LogP) is 4.48. The third-order valence-electron chi connectivity index (χ3n) is 4.31. The Bertz CT molecular complexity index is 971. The molecule has 0 bridgehead atoms. The van der Waals surface area contributed by atoms with E-state index in [-0.39, 0.29) is 5.95 Å². The van der Waals surface area contributed by atoms with Gasteiger partial charge in [-0.1, -0.05) is 12.1 Å². The van der Waals surface area contributed by atoms with E-state index < -0.39 is 12.0 Å². The maximum Gasteiger partial charge on any atom is 0.325 e. The van der Waals surface area contributed by atoms with Crippen LogP contribution in [0.4, 0.5) is 29.2 Å². The van der Waals surface area contributed by atoms with Crippen molar-refractivity contribution in [2.24, 2.45) is 0 Å². The summed E-state index contributed by atoms with van der Waals surface area (Å²) in [5.41, 5.74) is 6.12. The van der Waals surface area contributed by atoms with E-state index in [0.29, 0.717) is 11.9 Å².